The fraction of sp³-hybridized carbons (Fsp3) is 0.571. The Kier molecular flexibility index (Phi) is 5.78. The van der Waals surface area contributed by atoms with E-state index in [1.807, 2.05) is 11.0 Å². The average Bonchev–Trinajstić information content (AvgIpc) is 2.40. The van der Waals surface area contributed by atoms with E-state index in [4.69, 9.17) is 4.74 Å². The van der Waals surface area contributed by atoms with Crippen molar-refractivity contribution < 1.29 is 9.53 Å². The summed E-state index contributed by atoms with van der Waals surface area (Å²) in [6, 6.07) is 3.69. The Morgan fingerprint density at radius 3 is 2.83 bits per heavy atom. The Labute approximate surface area is 109 Å². The summed E-state index contributed by atoms with van der Waals surface area (Å²) in [6.07, 6.45) is 3.69. The molecule has 0 bridgehead atoms. The van der Waals surface area contributed by atoms with Gasteiger partial charge in [-0.05, 0) is 18.6 Å². The van der Waals surface area contributed by atoms with Crippen LogP contribution in [0.4, 0.5) is 0 Å². The van der Waals surface area contributed by atoms with Crippen LogP contribution in [-0.4, -0.2) is 42.1 Å². The van der Waals surface area contributed by atoms with Crippen molar-refractivity contribution in [3.63, 3.8) is 0 Å². The first-order valence-corrected chi connectivity index (χ1v) is 6.13. The fourth-order valence-corrected chi connectivity index (χ4v) is 1.95. The molecule has 1 aromatic rings. The summed E-state index contributed by atoms with van der Waals surface area (Å²) in [7, 11) is 0. The lowest BCUT2D eigenvalue weighted by Gasteiger charge is -2.26. The van der Waals surface area contributed by atoms with E-state index in [-0.39, 0.29) is 13.3 Å². The molecule has 1 fully saturated rings. The summed E-state index contributed by atoms with van der Waals surface area (Å²) in [6.45, 7) is 4.75. The predicted octanol–water partition coefficient (Wildman–Crippen LogP) is 2.14. The smallest absolute Gasteiger partial charge is 0.254 e. The summed E-state index contributed by atoms with van der Waals surface area (Å²) < 4.78 is 5.24. The predicted molar refractivity (Wildman–Crippen MR) is 71.7 cm³/mol. The maximum absolute atomic E-state index is 12.2. The van der Waals surface area contributed by atoms with Crippen molar-refractivity contribution in [2.75, 3.05) is 26.3 Å². The summed E-state index contributed by atoms with van der Waals surface area (Å²) >= 11 is 0. The number of ether oxygens (including phenoxy) is 1. The number of nitrogens with zero attached hydrogens (tertiary/aromatic N) is 2. The Hall–Kier alpha value is -1.42. The van der Waals surface area contributed by atoms with Crippen molar-refractivity contribution in [2.45, 2.75) is 27.2 Å². The minimum Gasteiger partial charge on any atom is -0.378 e. The molecule has 2 rings (SSSR count). The molecule has 0 aromatic carbocycles. The third-order valence-corrected chi connectivity index (χ3v) is 2.87. The Morgan fingerprint density at radius 1 is 1.44 bits per heavy atom. The number of carbonyl (C=O) groups excluding carboxylic acids is 1. The van der Waals surface area contributed by atoms with Crippen LogP contribution in [-0.2, 0) is 11.2 Å². The Morgan fingerprint density at radius 2 is 2.17 bits per heavy atom. The average molecular weight is 250 g/mol. The second-order valence-electron chi connectivity index (χ2n) is 4.19. The molecule has 2 heterocycles. The molecule has 18 heavy (non-hydrogen) atoms. The zero-order valence-electron chi connectivity index (χ0n) is 10.2. The van der Waals surface area contributed by atoms with Crippen molar-refractivity contribution in [1.82, 2.24) is 9.88 Å². The SMILES string of the molecule is C.CCCc1cc(C(=O)N2CCOCC2)ccn1. The fourth-order valence-electron chi connectivity index (χ4n) is 1.95. The monoisotopic (exact) mass is 250 g/mol. The molecule has 0 saturated carbocycles. The Bertz CT molecular complexity index is 387. The van der Waals surface area contributed by atoms with Gasteiger partial charge >= 0.3 is 0 Å². The zero-order valence-corrected chi connectivity index (χ0v) is 10.2. The molecule has 1 aliphatic rings. The quantitative estimate of drug-likeness (QED) is 0.825. The van der Waals surface area contributed by atoms with Crippen molar-refractivity contribution >= 4 is 5.91 Å². The molecule has 4 heteroatoms. The second-order valence-corrected chi connectivity index (χ2v) is 4.19. The summed E-state index contributed by atoms with van der Waals surface area (Å²) in [5, 5.41) is 0. The first-order chi connectivity index (χ1) is 8.31. The highest BCUT2D eigenvalue weighted by Crippen LogP contribution is 2.09. The number of aryl methyl sites for hydroxylation is 1. The van der Waals surface area contributed by atoms with Crippen LogP contribution in [0.15, 0.2) is 18.3 Å². The lowest BCUT2D eigenvalue weighted by atomic mass is 10.1. The van der Waals surface area contributed by atoms with Gasteiger partial charge in [-0.1, -0.05) is 20.8 Å². The summed E-state index contributed by atoms with van der Waals surface area (Å²) in [4.78, 5) is 18.3. The van der Waals surface area contributed by atoms with Gasteiger partial charge in [0.1, 0.15) is 0 Å². The largest absolute Gasteiger partial charge is 0.378 e. The first kappa shape index (κ1) is 14.6. The molecule has 1 saturated heterocycles. The molecule has 100 valence electrons. The van der Waals surface area contributed by atoms with Crippen molar-refractivity contribution in [1.29, 1.82) is 0 Å². The van der Waals surface area contributed by atoms with E-state index < -0.39 is 0 Å². The lowest BCUT2D eigenvalue weighted by molar-refractivity contribution is 0.0302. The van der Waals surface area contributed by atoms with Gasteiger partial charge in [0.25, 0.3) is 5.91 Å². The number of rotatable bonds is 3. The van der Waals surface area contributed by atoms with E-state index in [2.05, 4.69) is 11.9 Å². The van der Waals surface area contributed by atoms with Crippen molar-refractivity contribution in [3.8, 4) is 0 Å². The number of hydrogen-bond acceptors (Lipinski definition) is 3. The van der Waals surface area contributed by atoms with Gasteiger partial charge in [0.2, 0.25) is 0 Å². The van der Waals surface area contributed by atoms with E-state index in [1.165, 1.54) is 0 Å². The number of pyridine rings is 1. The van der Waals surface area contributed by atoms with Gasteiger partial charge in [0, 0.05) is 30.5 Å². The normalized spacial score (nSPS) is 15.1. The molecule has 1 aliphatic heterocycles. The molecule has 4 nitrogen and oxygen atoms in total. The highest BCUT2D eigenvalue weighted by atomic mass is 16.5. The van der Waals surface area contributed by atoms with Gasteiger partial charge in [-0.15, -0.1) is 0 Å². The van der Waals surface area contributed by atoms with Gasteiger partial charge in [-0.2, -0.15) is 0 Å². The zero-order chi connectivity index (χ0) is 12.1. The molecule has 0 N–H and O–H groups in total. The van der Waals surface area contributed by atoms with Crippen LogP contribution < -0.4 is 0 Å². The van der Waals surface area contributed by atoms with Gasteiger partial charge in [0.05, 0.1) is 13.2 Å². The molecule has 0 radical (unpaired) electrons. The minimum atomic E-state index is 0. The van der Waals surface area contributed by atoms with Crippen LogP contribution >= 0.6 is 0 Å². The highest BCUT2D eigenvalue weighted by Gasteiger charge is 2.18. The maximum atomic E-state index is 12.2. The van der Waals surface area contributed by atoms with Crippen LogP contribution in [0, 0.1) is 0 Å². The van der Waals surface area contributed by atoms with Crippen LogP contribution in [0.5, 0.6) is 0 Å². The molecule has 1 amide bonds. The number of aromatic nitrogens is 1. The molecule has 1 aromatic heterocycles. The molecular formula is C14H22N2O2. The van der Waals surface area contributed by atoms with Crippen LogP contribution in [0.2, 0.25) is 0 Å². The molecule has 0 atom stereocenters. The minimum absolute atomic E-state index is 0. The maximum Gasteiger partial charge on any atom is 0.254 e. The third kappa shape index (κ3) is 3.53. The molecular weight excluding hydrogens is 228 g/mol. The second kappa shape index (κ2) is 7.11. The van der Waals surface area contributed by atoms with Gasteiger partial charge in [0.15, 0.2) is 0 Å². The highest BCUT2D eigenvalue weighted by molar-refractivity contribution is 5.94. The van der Waals surface area contributed by atoms with E-state index in [1.54, 1.807) is 12.3 Å². The lowest BCUT2D eigenvalue weighted by Crippen LogP contribution is -2.40. The molecule has 0 aliphatic carbocycles. The summed E-state index contributed by atoms with van der Waals surface area (Å²) in [5.41, 5.74) is 1.73. The summed E-state index contributed by atoms with van der Waals surface area (Å²) in [5.74, 6) is 0.0908. The van der Waals surface area contributed by atoms with Gasteiger partial charge in [-0.25, -0.2) is 0 Å². The number of morpholine rings is 1. The van der Waals surface area contributed by atoms with E-state index >= 15 is 0 Å². The van der Waals surface area contributed by atoms with Crippen molar-refractivity contribution in [3.05, 3.63) is 29.6 Å². The number of carbonyl (C=O) groups is 1. The van der Waals surface area contributed by atoms with Crippen molar-refractivity contribution in [2.24, 2.45) is 0 Å². The van der Waals surface area contributed by atoms with Crippen LogP contribution in [0.1, 0.15) is 36.8 Å². The molecule has 0 spiro atoms. The first-order valence-electron chi connectivity index (χ1n) is 6.13. The van der Waals surface area contributed by atoms with E-state index in [0.29, 0.717) is 26.3 Å². The Balaban J connectivity index is 0.00000162. The van der Waals surface area contributed by atoms with Crippen LogP contribution in [0.25, 0.3) is 0 Å². The standard InChI is InChI=1S/C13H18N2O2.CH4/c1-2-3-12-10-11(4-5-14-12)13(16)15-6-8-17-9-7-15;/h4-5,10H,2-3,6-9H2,1H3;1H4. The van der Waals surface area contributed by atoms with Crippen LogP contribution in [0.3, 0.4) is 0 Å². The number of amides is 1. The van der Waals surface area contributed by atoms with Gasteiger partial charge < -0.3 is 9.64 Å². The van der Waals surface area contributed by atoms with Gasteiger partial charge in [-0.3, -0.25) is 9.78 Å². The molecule has 0 unspecified atom stereocenters. The third-order valence-electron chi connectivity index (χ3n) is 2.87. The topological polar surface area (TPSA) is 42.4 Å². The van der Waals surface area contributed by atoms with E-state index in [9.17, 15) is 4.79 Å². The number of hydrogen-bond donors (Lipinski definition) is 0. The van der Waals surface area contributed by atoms with E-state index in [0.717, 1.165) is 24.1 Å².